The van der Waals surface area contributed by atoms with Crippen LogP contribution in [0.3, 0.4) is 0 Å². The van der Waals surface area contributed by atoms with E-state index in [-0.39, 0.29) is 28.7 Å². The van der Waals surface area contributed by atoms with Crippen molar-refractivity contribution in [3.8, 4) is 22.4 Å². The first-order valence-corrected chi connectivity index (χ1v) is 23.2. The molecule has 0 aliphatic carbocycles. The lowest BCUT2D eigenvalue weighted by Crippen LogP contribution is -2.46. The molecule has 3 N–H and O–H groups in total. The average molecular weight is 922 g/mol. The second-order valence-electron chi connectivity index (χ2n) is 15.1. The third kappa shape index (κ3) is 10.1. The minimum atomic E-state index is -5.65. The number of aromatic nitrogens is 1. The number of anilines is 4. The monoisotopic (exact) mass is 921 g/mol. The Bertz CT molecular complexity index is 2690. The molecule has 0 radical (unpaired) electrons. The van der Waals surface area contributed by atoms with E-state index in [4.69, 9.17) is 0 Å². The van der Waals surface area contributed by atoms with Crippen LogP contribution in [0.1, 0.15) is 35.9 Å². The van der Waals surface area contributed by atoms with E-state index in [2.05, 4.69) is 14.9 Å². The van der Waals surface area contributed by atoms with Crippen molar-refractivity contribution < 1.29 is 40.3 Å². The van der Waals surface area contributed by atoms with Crippen molar-refractivity contribution in [2.75, 3.05) is 58.3 Å². The highest BCUT2D eigenvalue weighted by atomic mass is 32.2. The first-order valence-electron chi connectivity index (χ1n) is 20.0. The SMILES string of the molecule is Cc1c(C(=O)O)c(-c2cc(F)cc(N3CCN(c4ccc(NSc5ccc(NCCSc6ccccc6)c(S(=O)(=O)C(F)(F)F)c5)cc4)CC3)c2)c(-c2ccc(F)cc2)n1C(C)C. The number of alkyl halides is 3. The maximum absolute atomic E-state index is 15.5. The number of hydrogen-bond donors (Lipinski definition) is 3. The number of thioether (sulfide) groups is 1. The van der Waals surface area contributed by atoms with Crippen LogP contribution in [0, 0.1) is 18.6 Å². The quantitative estimate of drug-likeness (QED) is 0.0399. The van der Waals surface area contributed by atoms with Crippen LogP contribution in [-0.4, -0.2) is 68.0 Å². The topological polar surface area (TPSA) is 107 Å². The number of nitrogens with one attached hydrogen (secondary N) is 2. The van der Waals surface area contributed by atoms with Crippen molar-refractivity contribution in [3.05, 3.63) is 138 Å². The molecule has 0 bridgehead atoms. The lowest BCUT2D eigenvalue weighted by Gasteiger charge is -2.37. The fourth-order valence-corrected chi connectivity index (χ4v) is 10.2. The molecule has 7 rings (SSSR count). The summed E-state index contributed by atoms with van der Waals surface area (Å²) in [6.45, 7) is 8.04. The van der Waals surface area contributed by atoms with Gasteiger partial charge >= 0.3 is 11.5 Å². The molecule has 0 saturated carbocycles. The summed E-state index contributed by atoms with van der Waals surface area (Å²) in [7, 11) is -5.65. The normalized spacial score (nSPS) is 13.4. The van der Waals surface area contributed by atoms with E-state index in [1.165, 1.54) is 42.1 Å². The van der Waals surface area contributed by atoms with Gasteiger partial charge in [0.15, 0.2) is 0 Å². The Morgan fingerprint density at radius 1 is 0.778 bits per heavy atom. The first-order chi connectivity index (χ1) is 30.0. The van der Waals surface area contributed by atoms with Crippen molar-refractivity contribution >= 4 is 62.3 Å². The largest absolute Gasteiger partial charge is 0.501 e. The summed E-state index contributed by atoms with van der Waals surface area (Å²) in [5.74, 6) is -1.61. The predicted molar refractivity (Wildman–Crippen MR) is 243 cm³/mol. The zero-order valence-electron chi connectivity index (χ0n) is 34.4. The molecular weight excluding hydrogens is 878 g/mol. The number of rotatable bonds is 15. The molecule has 1 aliphatic rings. The first kappa shape index (κ1) is 45.4. The third-order valence-electron chi connectivity index (χ3n) is 10.6. The van der Waals surface area contributed by atoms with Crippen LogP contribution in [0.25, 0.3) is 22.4 Å². The Morgan fingerprint density at radius 2 is 1.43 bits per heavy atom. The standard InChI is InChI=1S/C46H44F5N5O4S3/c1-29(2)56-30(3)42(45(57)58)43(44(56)31-9-11-33(47)12-10-31)32-25-34(48)27-37(26-32)55-22-20-54(21-23-55)36-15-13-35(14-16-36)53-62-39-17-18-40(41(28-39)63(59,60)46(49,50)51)52-19-24-61-38-7-5-4-6-8-38/h4-18,25-29,52-53H,19-24H2,1-3H3,(H,57,58). The summed E-state index contributed by atoms with van der Waals surface area (Å²) in [4.78, 5) is 17.4. The molecule has 6 aromatic rings. The molecule has 63 heavy (non-hydrogen) atoms. The molecule has 1 aliphatic heterocycles. The van der Waals surface area contributed by atoms with Crippen LogP contribution in [0.5, 0.6) is 0 Å². The van der Waals surface area contributed by atoms with Gasteiger partial charge in [-0.05, 0) is 141 Å². The molecule has 9 nitrogen and oxygen atoms in total. The summed E-state index contributed by atoms with van der Waals surface area (Å²) in [6, 6.07) is 31.0. The summed E-state index contributed by atoms with van der Waals surface area (Å²) in [5.41, 5.74) is -1.01. The van der Waals surface area contributed by atoms with Gasteiger partial charge in [0.1, 0.15) is 16.5 Å². The number of hydrogen-bond acceptors (Lipinski definition) is 9. The van der Waals surface area contributed by atoms with Gasteiger partial charge < -0.3 is 29.5 Å². The van der Waals surface area contributed by atoms with E-state index < -0.39 is 37.8 Å². The summed E-state index contributed by atoms with van der Waals surface area (Å²) >= 11 is 2.47. The van der Waals surface area contributed by atoms with Gasteiger partial charge in [0.25, 0.3) is 9.84 Å². The number of piperazine rings is 1. The lowest BCUT2D eigenvalue weighted by molar-refractivity contribution is -0.0435. The summed E-state index contributed by atoms with van der Waals surface area (Å²) < 4.78 is 101. The van der Waals surface area contributed by atoms with Crippen molar-refractivity contribution in [1.82, 2.24) is 4.57 Å². The van der Waals surface area contributed by atoms with Crippen molar-refractivity contribution in [2.45, 2.75) is 47.0 Å². The average Bonchev–Trinajstić information content (AvgIpc) is 3.58. The molecule has 330 valence electrons. The van der Waals surface area contributed by atoms with E-state index in [0.29, 0.717) is 71.4 Å². The molecule has 0 atom stereocenters. The van der Waals surface area contributed by atoms with E-state index in [1.807, 2.05) is 77.9 Å². The molecule has 2 heterocycles. The fraction of sp³-hybridized carbons (Fsp3) is 0.239. The second kappa shape index (κ2) is 19.0. The molecule has 1 saturated heterocycles. The number of carboxylic acids is 1. The predicted octanol–water partition coefficient (Wildman–Crippen LogP) is 11.6. The number of aromatic carboxylic acids is 1. The van der Waals surface area contributed by atoms with Crippen LogP contribution < -0.4 is 19.8 Å². The van der Waals surface area contributed by atoms with Crippen LogP contribution in [-0.2, 0) is 9.84 Å². The number of benzene rings is 5. The highest BCUT2D eigenvalue weighted by molar-refractivity contribution is 8.00. The molecule has 0 spiro atoms. The zero-order chi connectivity index (χ0) is 45.1. The van der Waals surface area contributed by atoms with Gasteiger partial charge in [0.05, 0.1) is 16.9 Å². The van der Waals surface area contributed by atoms with Crippen LogP contribution in [0.4, 0.5) is 44.7 Å². The third-order valence-corrected chi connectivity index (χ3v) is 14.0. The highest BCUT2D eigenvalue weighted by Gasteiger charge is 2.48. The summed E-state index contributed by atoms with van der Waals surface area (Å²) in [5, 5.41) is 13.3. The zero-order valence-corrected chi connectivity index (χ0v) is 36.9. The van der Waals surface area contributed by atoms with Gasteiger partial charge in [0, 0.05) is 82.6 Å². The molecule has 1 fully saturated rings. The van der Waals surface area contributed by atoms with E-state index in [1.54, 1.807) is 31.2 Å². The van der Waals surface area contributed by atoms with E-state index in [9.17, 15) is 35.9 Å². The van der Waals surface area contributed by atoms with Crippen molar-refractivity contribution in [1.29, 1.82) is 0 Å². The van der Waals surface area contributed by atoms with Gasteiger partial charge in [-0.1, -0.05) is 18.2 Å². The molecule has 0 amide bonds. The molecule has 1 aromatic heterocycles. The molecule has 0 unspecified atom stereocenters. The molecule has 17 heteroatoms. The number of halogens is 5. The van der Waals surface area contributed by atoms with Gasteiger partial charge in [-0.3, -0.25) is 0 Å². The minimum absolute atomic E-state index is 0.0510. The number of nitrogens with zero attached hydrogens (tertiary/aromatic N) is 3. The van der Waals surface area contributed by atoms with Gasteiger partial charge in [0.2, 0.25) is 0 Å². The number of carboxylic acid groups (broad SMARTS) is 1. The van der Waals surface area contributed by atoms with E-state index in [0.717, 1.165) is 28.6 Å². The fourth-order valence-electron chi connectivity index (χ4n) is 7.70. The van der Waals surface area contributed by atoms with Crippen molar-refractivity contribution in [2.24, 2.45) is 0 Å². The van der Waals surface area contributed by atoms with Gasteiger partial charge in [-0.2, -0.15) is 13.2 Å². The van der Waals surface area contributed by atoms with Gasteiger partial charge in [-0.15, -0.1) is 11.8 Å². The Kier molecular flexibility index (Phi) is 13.7. The second-order valence-corrected chi connectivity index (χ2v) is 19.0. The highest BCUT2D eigenvalue weighted by Crippen LogP contribution is 2.43. The van der Waals surface area contributed by atoms with Crippen molar-refractivity contribution in [3.63, 3.8) is 0 Å². The Labute approximate surface area is 371 Å². The molecular formula is C46H44F5N5O4S3. The smallest absolute Gasteiger partial charge is 0.478 e. The maximum atomic E-state index is 15.5. The maximum Gasteiger partial charge on any atom is 0.501 e. The Morgan fingerprint density at radius 3 is 2.05 bits per heavy atom. The summed E-state index contributed by atoms with van der Waals surface area (Å²) in [6.07, 6.45) is 0. The number of carbonyl (C=O) groups is 1. The Balaban J connectivity index is 1.02. The van der Waals surface area contributed by atoms with E-state index >= 15 is 4.39 Å². The number of sulfone groups is 1. The van der Waals surface area contributed by atoms with Crippen LogP contribution in [0.15, 0.2) is 130 Å². The minimum Gasteiger partial charge on any atom is -0.478 e. The molecule has 5 aromatic carbocycles. The lowest BCUT2D eigenvalue weighted by atomic mass is 9.96. The Hall–Kier alpha value is -5.65. The van der Waals surface area contributed by atoms with Gasteiger partial charge in [-0.25, -0.2) is 22.0 Å². The van der Waals surface area contributed by atoms with Crippen LogP contribution in [0.2, 0.25) is 0 Å². The van der Waals surface area contributed by atoms with Crippen LogP contribution >= 0.6 is 23.7 Å².